The third-order valence-electron chi connectivity index (χ3n) is 3.67. The monoisotopic (exact) mass is 329 g/mol. The highest BCUT2D eigenvalue weighted by molar-refractivity contribution is 7.91. The van der Waals surface area contributed by atoms with Gasteiger partial charge in [0.25, 0.3) is 0 Å². The number of hydrogen-bond donors (Lipinski definition) is 1. The van der Waals surface area contributed by atoms with Gasteiger partial charge in [0, 0.05) is 10.9 Å². The molecule has 0 unspecified atom stereocenters. The number of fused-ring (bicyclic) bond motifs is 1. The molecule has 0 atom stereocenters. The van der Waals surface area contributed by atoms with Gasteiger partial charge in [-0.2, -0.15) is 0 Å². The molecule has 0 amide bonds. The maximum atomic E-state index is 12.9. The van der Waals surface area contributed by atoms with Gasteiger partial charge in [-0.3, -0.25) is 4.79 Å². The lowest BCUT2D eigenvalue weighted by Crippen LogP contribution is -2.15. The molecule has 0 bridgehead atoms. The molecule has 118 valence electrons. The van der Waals surface area contributed by atoms with Crippen LogP contribution in [0.4, 0.5) is 0 Å². The Morgan fingerprint density at radius 3 is 2.39 bits per heavy atom. The van der Waals surface area contributed by atoms with E-state index in [9.17, 15) is 13.2 Å². The van der Waals surface area contributed by atoms with E-state index in [-0.39, 0.29) is 9.92 Å². The van der Waals surface area contributed by atoms with Gasteiger partial charge in [0.05, 0.1) is 4.90 Å². The molecule has 0 radical (unpaired) electrons. The summed E-state index contributed by atoms with van der Waals surface area (Å²) in [6.45, 7) is 1.46. The Hall–Kier alpha value is -2.60. The normalized spacial score (nSPS) is 11.7. The number of nitrogens with zero attached hydrogens (tertiary/aromatic N) is 1. The first kappa shape index (κ1) is 15.3. The van der Waals surface area contributed by atoms with Crippen molar-refractivity contribution in [1.82, 2.24) is 4.57 Å². The Morgan fingerprint density at radius 1 is 1.09 bits per heavy atom. The van der Waals surface area contributed by atoms with Crippen LogP contribution in [0.2, 0.25) is 0 Å². The first-order chi connectivity index (χ1) is 10.9. The number of aryl methyl sites for hydroxylation is 1. The van der Waals surface area contributed by atoms with Crippen LogP contribution in [-0.4, -0.2) is 24.1 Å². The van der Waals surface area contributed by atoms with E-state index in [0.29, 0.717) is 10.9 Å². The minimum Gasteiger partial charge on any atom is -0.480 e. The summed E-state index contributed by atoms with van der Waals surface area (Å²) in [5, 5.41) is 9.81. The van der Waals surface area contributed by atoms with E-state index in [4.69, 9.17) is 5.11 Å². The Kier molecular flexibility index (Phi) is 3.69. The molecule has 2 aromatic carbocycles. The molecule has 0 aliphatic heterocycles. The molecule has 5 nitrogen and oxygen atoms in total. The van der Waals surface area contributed by atoms with Crippen LogP contribution in [0.5, 0.6) is 0 Å². The maximum absolute atomic E-state index is 12.9. The fourth-order valence-electron chi connectivity index (χ4n) is 2.54. The number of sulfone groups is 1. The quantitative estimate of drug-likeness (QED) is 0.798. The second-order valence-corrected chi connectivity index (χ2v) is 7.23. The van der Waals surface area contributed by atoms with Crippen LogP contribution in [0.1, 0.15) is 5.56 Å². The number of aromatic nitrogens is 1. The molecule has 3 aromatic rings. The number of aliphatic carboxylic acids is 1. The number of carboxylic acids is 1. The minimum absolute atomic E-state index is 0.00930. The Bertz CT molecular complexity index is 985. The van der Waals surface area contributed by atoms with Crippen molar-refractivity contribution in [3.05, 3.63) is 60.2 Å². The summed E-state index contributed by atoms with van der Waals surface area (Å²) in [5.74, 6) is -1.09. The van der Waals surface area contributed by atoms with E-state index < -0.39 is 22.4 Å². The van der Waals surface area contributed by atoms with Gasteiger partial charge in [-0.25, -0.2) is 8.42 Å². The second kappa shape index (κ2) is 5.55. The maximum Gasteiger partial charge on any atom is 0.323 e. The third kappa shape index (κ3) is 2.73. The summed E-state index contributed by atoms with van der Waals surface area (Å²) in [6, 6.07) is 15.1. The fraction of sp³-hybridized carbons (Fsp3) is 0.118. The number of hydrogen-bond acceptors (Lipinski definition) is 3. The Morgan fingerprint density at radius 2 is 1.74 bits per heavy atom. The van der Waals surface area contributed by atoms with Crippen LogP contribution in [0.3, 0.4) is 0 Å². The molecule has 6 heteroatoms. The topological polar surface area (TPSA) is 76.4 Å². The van der Waals surface area contributed by atoms with Gasteiger partial charge in [-0.15, -0.1) is 0 Å². The minimum atomic E-state index is -3.79. The van der Waals surface area contributed by atoms with Crippen molar-refractivity contribution in [2.75, 3.05) is 0 Å². The molecule has 0 spiro atoms. The summed E-state index contributed by atoms with van der Waals surface area (Å²) in [6.07, 6.45) is 0. The Labute approximate surface area is 133 Å². The molecular formula is C17H15NO4S. The molecule has 0 aliphatic rings. The van der Waals surface area contributed by atoms with Crippen molar-refractivity contribution < 1.29 is 18.3 Å². The van der Waals surface area contributed by atoms with E-state index in [1.165, 1.54) is 22.8 Å². The lowest BCUT2D eigenvalue weighted by Gasteiger charge is -2.09. The smallest absolute Gasteiger partial charge is 0.323 e. The number of carboxylic acid groups (broad SMARTS) is 1. The molecule has 1 N–H and O–H groups in total. The molecule has 0 saturated heterocycles. The summed E-state index contributed by atoms with van der Waals surface area (Å²) >= 11 is 0. The zero-order chi connectivity index (χ0) is 16.6. The molecule has 1 aromatic heterocycles. The molecule has 23 heavy (non-hydrogen) atoms. The number of rotatable bonds is 4. The number of benzene rings is 2. The zero-order valence-electron chi connectivity index (χ0n) is 12.4. The van der Waals surface area contributed by atoms with Gasteiger partial charge in [0.1, 0.15) is 11.6 Å². The van der Waals surface area contributed by atoms with Crippen molar-refractivity contribution in [1.29, 1.82) is 0 Å². The van der Waals surface area contributed by atoms with Gasteiger partial charge in [0.2, 0.25) is 9.84 Å². The number of carbonyl (C=O) groups is 1. The zero-order valence-corrected chi connectivity index (χ0v) is 13.2. The number of para-hydroxylation sites is 1. The first-order valence-corrected chi connectivity index (χ1v) is 8.50. The van der Waals surface area contributed by atoms with E-state index in [1.54, 1.807) is 36.4 Å². The highest BCUT2D eigenvalue weighted by atomic mass is 32.2. The molecule has 0 saturated carbocycles. The highest BCUT2D eigenvalue weighted by Crippen LogP contribution is 2.28. The van der Waals surface area contributed by atoms with Crippen molar-refractivity contribution in [2.45, 2.75) is 23.4 Å². The lowest BCUT2D eigenvalue weighted by atomic mass is 10.2. The van der Waals surface area contributed by atoms with Crippen LogP contribution in [-0.2, 0) is 21.2 Å². The van der Waals surface area contributed by atoms with Gasteiger partial charge < -0.3 is 9.67 Å². The predicted molar refractivity (Wildman–Crippen MR) is 86.2 cm³/mol. The molecular weight excluding hydrogens is 314 g/mol. The van der Waals surface area contributed by atoms with Gasteiger partial charge in [-0.05, 0) is 31.2 Å². The van der Waals surface area contributed by atoms with E-state index in [0.717, 1.165) is 5.56 Å². The average Bonchev–Trinajstić information content (AvgIpc) is 2.87. The highest BCUT2D eigenvalue weighted by Gasteiger charge is 2.24. The molecule has 3 rings (SSSR count). The fourth-order valence-corrected chi connectivity index (χ4v) is 4.02. The second-order valence-electron chi connectivity index (χ2n) is 5.34. The lowest BCUT2D eigenvalue weighted by molar-refractivity contribution is -0.137. The Balaban J connectivity index is 2.25. The SMILES string of the molecule is Cc1ccc(S(=O)(=O)c2cc3ccccc3n2CC(=O)O)cc1. The van der Waals surface area contributed by atoms with Crippen LogP contribution < -0.4 is 0 Å². The summed E-state index contributed by atoms with van der Waals surface area (Å²) < 4.78 is 27.1. The van der Waals surface area contributed by atoms with E-state index in [1.807, 2.05) is 6.92 Å². The van der Waals surface area contributed by atoms with Gasteiger partial charge in [0.15, 0.2) is 0 Å². The van der Waals surface area contributed by atoms with Crippen LogP contribution in [0, 0.1) is 6.92 Å². The average molecular weight is 329 g/mol. The predicted octanol–water partition coefficient (Wildman–Crippen LogP) is 2.87. The van der Waals surface area contributed by atoms with Crippen molar-refractivity contribution in [3.63, 3.8) is 0 Å². The standard InChI is InChI=1S/C17H15NO4S/c1-12-6-8-14(9-7-12)23(21,22)16-10-13-4-2-3-5-15(13)18(16)11-17(19)20/h2-10H,11H2,1H3,(H,19,20). The summed E-state index contributed by atoms with van der Waals surface area (Å²) in [5.41, 5.74) is 1.54. The van der Waals surface area contributed by atoms with Crippen LogP contribution >= 0.6 is 0 Å². The van der Waals surface area contributed by atoms with Crippen molar-refractivity contribution >= 4 is 26.7 Å². The third-order valence-corrected chi connectivity index (χ3v) is 5.45. The van der Waals surface area contributed by atoms with Crippen molar-refractivity contribution in [3.8, 4) is 0 Å². The van der Waals surface area contributed by atoms with E-state index in [2.05, 4.69) is 0 Å². The molecule has 0 fully saturated rings. The van der Waals surface area contributed by atoms with Gasteiger partial charge in [-0.1, -0.05) is 35.9 Å². The van der Waals surface area contributed by atoms with Gasteiger partial charge >= 0.3 is 5.97 Å². The summed E-state index contributed by atoms with van der Waals surface area (Å²) in [7, 11) is -3.79. The van der Waals surface area contributed by atoms with Crippen LogP contribution in [0.25, 0.3) is 10.9 Å². The van der Waals surface area contributed by atoms with E-state index >= 15 is 0 Å². The molecule has 1 heterocycles. The van der Waals surface area contributed by atoms with Crippen molar-refractivity contribution in [2.24, 2.45) is 0 Å². The first-order valence-electron chi connectivity index (χ1n) is 7.01. The van der Waals surface area contributed by atoms with Crippen LogP contribution in [0.15, 0.2) is 64.5 Å². The largest absolute Gasteiger partial charge is 0.480 e. The summed E-state index contributed by atoms with van der Waals surface area (Å²) in [4.78, 5) is 11.3. The molecule has 0 aliphatic carbocycles.